The van der Waals surface area contributed by atoms with E-state index in [1.807, 2.05) is 0 Å². The van der Waals surface area contributed by atoms with E-state index in [4.69, 9.17) is 14.2 Å². The number of esters is 3. The molecule has 0 aromatic carbocycles. The third kappa shape index (κ3) is 62.4. The molecule has 6 heteroatoms. The highest BCUT2D eigenvalue weighted by molar-refractivity contribution is 5.71. The summed E-state index contributed by atoms with van der Waals surface area (Å²) in [5.41, 5.74) is 0. The lowest BCUT2D eigenvalue weighted by molar-refractivity contribution is -0.167. The summed E-state index contributed by atoms with van der Waals surface area (Å²) >= 11 is 0. The van der Waals surface area contributed by atoms with Crippen LogP contribution < -0.4 is 0 Å². The van der Waals surface area contributed by atoms with E-state index < -0.39 is 6.10 Å². The summed E-state index contributed by atoms with van der Waals surface area (Å²) in [4.78, 5) is 38.2. The van der Waals surface area contributed by atoms with Gasteiger partial charge in [-0.05, 0) is 122 Å². The fourth-order valence-electron chi connectivity index (χ4n) is 8.58. The molecule has 0 spiro atoms. The maximum atomic E-state index is 12.9. The zero-order valence-electron chi connectivity index (χ0n) is 50.6. The Morgan fingerprint density at radius 2 is 0.500 bits per heavy atom. The second kappa shape index (κ2) is 65.1. The highest BCUT2D eigenvalue weighted by Gasteiger charge is 2.19. The number of ether oxygens (including phenoxy) is 3. The van der Waals surface area contributed by atoms with Crippen LogP contribution in [0.3, 0.4) is 0 Å². The van der Waals surface area contributed by atoms with Gasteiger partial charge in [0.05, 0.1) is 0 Å². The molecule has 0 aromatic rings. The second-order valence-electron chi connectivity index (χ2n) is 20.9. The molecule has 0 aliphatic carbocycles. The molecule has 0 saturated carbocycles. The topological polar surface area (TPSA) is 78.9 Å². The van der Waals surface area contributed by atoms with Crippen LogP contribution in [0.2, 0.25) is 0 Å². The molecule has 1 unspecified atom stereocenters. The van der Waals surface area contributed by atoms with Gasteiger partial charge in [0, 0.05) is 19.3 Å². The fourth-order valence-corrected chi connectivity index (χ4v) is 8.58. The molecule has 0 heterocycles. The standard InChI is InChI=1S/C72H118O6/c1-4-7-10-13-16-19-22-24-26-28-30-31-32-33-34-35-36-37-38-39-40-41-43-44-46-48-50-53-56-59-62-65-71(74)77-68-69(67-76-70(73)64-61-58-55-52-21-18-15-12-9-6-3)78-72(75)66-63-60-57-54-51-49-47-45-42-29-27-25-23-20-17-14-11-8-5-2/h7,10,16-17,19-20,24-27,30-31,33-34,36-37,39-40,42-45,69H,4-6,8-9,11-15,18,21-23,28-29,32,35,38,41,46-68H2,1-3H3/b10-7-,19-16-,20-17-,26-24-,27-25-,31-30-,34-33-,37-36-,40-39-,44-43-,45-42-. The quantitative estimate of drug-likeness (QED) is 0.0261. The lowest BCUT2D eigenvalue weighted by Gasteiger charge is -2.18. The first-order valence-corrected chi connectivity index (χ1v) is 32.2. The SMILES string of the molecule is CC/C=C\C/C=C\C/C=C\C/C=C\C/C=C\C/C=C\C/C=C\C/C=C\CCCCCCCCC(=O)OCC(COC(=O)CCCCCCCCCCCC)OC(=O)CCCCCCCC/C=C\C/C=C\C/C=C\CCCCC. The minimum atomic E-state index is -0.794. The third-order valence-corrected chi connectivity index (χ3v) is 13.4. The van der Waals surface area contributed by atoms with Gasteiger partial charge in [-0.1, -0.05) is 276 Å². The van der Waals surface area contributed by atoms with Gasteiger partial charge in [-0.15, -0.1) is 0 Å². The summed E-state index contributed by atoms with van der Waals surface area (Å²) in [7, 11) is 0. The average molecular weight is 1080 g/mol. The molecule has 0 radical (unpaired) electrons. The van der Waals surface area contributed by atoms with Crippen molar-refractivity contribution < 1.29 is 28.6 Å². The van der Waals surface area contributed by atoms with Gasteiger partial charge >= 0.3 is 17.9 Å². The number of rotatable bonds is 57. The Balaban J connectivity index is 4.31. The number of carbonyl (C=O) groups excluding carboxylic acids is 3. The van der Waals surface area contributed by atoms with Gasteiger partial charge < -0.3 is 14.2 Å². The summed E-state index contributed by atoms with van der Waals surface area (Å²) in [5.74, 6) is -0.917. The molecule has 442 valence electrons. The Morgan fingerprint density at radius 3 is 0.808 bits per heavy atom. The fraction of sp³-hybridized carbons (Fsp3) is 0.653. The Labute approximate surface area is 481 Å². The molecule has 0 saturated heterocycles. The van der Waals surface area contributed by atoms with Crippen molar-refractivity contribution in [3.05, 3.63) is 134 Å². The normalized spacial score (nSPS) is 13.0. The molecule has 0 fully saturated rings. The Morgan fingerprint density at radius 1 is 0.269 bits per heavy atom. The van der Waals surface area contributed by atoms with Gasteiger partial charge in [-0.2, -0.15) is 0 Å². The molecular weight excluding hydrogens is 961 g/mol. The van der Waals surface area contributed by atoms with E-state index in [0.29, 0.717) is 19.3 Å². The molecule has 0 amide bonds. The van der Waals surface area contributed by atoms with Crippen LogP contribution in [0.15, 0.2) is 134 Å². The van der Waals surface area contributed by atoms with Gasteiger partial charge in [-0.25, -0.2) is 0 Å². The minimum Gasteiger partial charge on any atom is -0.462 e. The largest absolute Gasteiger partial charge is 0.462 e. The first-order valence-electron chi connectivity index (χ1n) is 32.2. The summed E-state index contributed by atoms with van der Waals surface area (Å²) < 4.78 is 16.9. The monoisotopic (exact) mass is 1080 g/mol. The smallest absolute Gasteiger partial charge is 0.306 e. The average Bonchev–Trinajstić information content (AvgIpc) is 3.44. The molecule has 78 heavy (non-hydrogen) atoms. The van der Waals surface area contributed by atoms with Crippen LogP contribution >= 0.6 is 0 Å². The van der Waals surface area contributed by atoms with Gasteiger partial charge in [-0.3, -0.25) is 14.4 Å². The van der Waals surface area contributed by atoms with Crippen molar-refractivity contribution >= 4 is 17.9 Å². The molecule has 1 atom stereocenters. The zero-order chi connectivity index (χ0) is 56.4. The van der Waals surface area contributed by atoms with Crippen molar-refractivity contribution in [1.82, 2.24) is 0 Å². The molecule has 0 aliphatic rings. The van der Waals surface area contributed by atoms with Crippen molar-refractivity contribution in [2.45, 2.75) is 290 Å². The van der Waals surface area contributed by atoms with E-state index in [1.165, 1.54) is 96.3 Å². The summed E-state index contributed by atoms with van der Waals surface area (Å²) in [6.45, 7) is 6.47. The number of carbonyl (C=O) groups is 3. The first-order chi connectivity index (χ1) is 38.5. The van der Waals surface area contributed by atoms with E-state index >= 15 is 0 Å². The van der Waals surface area contributed by atoms with Gasteiger partial charge in [0.2, 0.25) is 0 Å². The molecule has 0 aromatic heterocycles. The summed E-state index contributed by atoms with van der Waals surface area (Å²) in [6.07, 6.45) is 91.7. The summed E-state index contributed by atoms with van der Waals surface area (Å²) in [5, 5.41) is 0. The van der Waals surface area contributed by atoms with Gasteiger partial charge in [0.1, 0.15) is 13.2 Å². The molecule has 0 aliphatic heterocycles. The molecular formula is C72H118O6. The molecule has 0 rings (SSSR count). The summed E-state index contributed by atoms with van der Waals surface area (Å²) in [6, 6.07) is 0. The number of unbranched alkanes of at least 4 members (excludes halogenated alkanes) is 24. The van der Waals surface area contributed by atoms with Crippen LogP contribution in [-0.2, 0) is 28.6 Å². The molecule has 0 bridgehead atoms. The maximum Gasteiger partial charge on any atom is 0.306 e. The van der Waals surface area contributed by atoms with Crippen LogP contribution in [0, 0.1) is 0 Å². The highest BCUT2D eigenvalue weighted by Crippen LogP contribution is 2.15. The Kier molecular flexibility index (Phi) is 61.4. The van der Waals surface area contributed by atoms with Crippen molar-refractivity contribution in [3.63, 3.8) is 0 Å². The number of hydrogen-bond donors (Lipinski definition) is 0. The number of allylic oxidation sites excluding steroid dienone is 22. The highest BCUT2D eigenvalue weighted by atomic mass is 16.6. The molecule has 0 N–H and O–H groups in total. The predicted octanol–water partition coefficient (Wildman–Crippen LogP) is 22.2. The van der Waals surface area contributed by atoms with Gasteiger partial charge in [0.15, 0.2) is 6.10 Å². The lowest BCUT2D eigenvalue weighted by Crippen LogP contribution is -2.30. The van der Waals surface area contributed by atoms with Gasteiger partial charge in [0.25, 0.3) is 0 Å². The van der Waals surface area contributed by atoms with Crippen LogP contribution in [0.5, 0.6) is 0 Å². The Bertz CT molecular complexity index is 1670. The van der Waals surface area contributed by atoms with E-state index in [-0.39, 0.29) is 31.1 Å². The predicted molar refractivity (Wildman–Crippen MR) is 339 cm³/mol. The molecule has 6 nitrogen and oxygen atoms in total. The van der Waals surface area contributed by atoms with E-state index in [1.54, 1.807) is 0 Å². The Hall–Kier alpha value is -4.45. The van der Waals surface area contributed by atoms with Crippen LogP contribution in [-0.4, -0.2) is 37.2 Å². The maximum absolute atomic E-state index is 12.9. The van der Waals surface area contributed by atoms with Crippen molar-refractivity contribution in [2.24, 2.45) is 0 Å². The lowest BCUT2D eigenvalue weighted by atomic mass is 10.1. The van der Waals surface area contributed by atoms with Crippen LogP contribution in [0.25, 0.3) is 0 Å². The van der Waals surface area contributed by atoms with E-state index in [2.05, 4.69) is 154 Å². The van der Waals surface area contributed by atoms with E-state index in [9.17, 15) is 14.4 Å². The van der Waals surface area contributed by atoms with Crippen LogP contribution in [0.1, 0.15) is 284 Å². The first kappa shape index (κ1) is 73.5. The van der Waals surface area contributed by atoms with Crippen molar-refractivity contribution in [1.29, 1.82) is 0 Å². The zero-order valence-corrected chi connectivity index (χ0v) is 50.6. The minimum absolute atomic E-state index is 0.0894. The van der Waals surface area contributed by atoms with Crippen molar-refractivity contribution in [3.8, 4) is 0 Å². The van der Waals surface area contributed by atoms with E-state index in [0.717, 1.165) is 148 Å². The second-order valence-corrected chi connectivity index (χ2v) is 20.9. The number of hydrogen-bond acceptors (Lipinski definition) is 6. The van der Waals surface area contributed by atoms with Crippen molar-refractivity contribution in [2.75, 3.05) is 13.2 Å². The third-order valence-electron chi connectivity index (χ3n) is 13.4. The van der Waals surface area contributed by atoms with Crippen LogP contribution in [0.4, 0.5) is 0 Å².